The van der Waals surface area contributed by atoms with E-state index in [-0.39, 0.29) is 6.54 Å². The number of ether oxygens (including phenoxy) is 1. The number of para-hydroxylation sites is 1. The van der Waals surface area contributed by atoms with Crippen LogP contribution in [0.15, 0.2) is 70.1 Å². The van der Waals surface area contributed by atoms with E-state index in [0.29, 0.717) is 11.7 Å². The average Bonchev–Trinajstić information content (AvgIpc) is 2.99. The Morgan fingerprint density at radius 2 is 1.83 bits per heavy atom. The molecule has 0 N–H and O–H groups in total. The van der Waals surface area contributed by atoms with Crippen molar-refractivity contribution in [3.8, 4) is 0 Å². The van der Waals surface area contributed by atoms with E-state index in [9.17, 15) is 4.39 Å². The van der Waals surface area contributed by atoms with E-state index in [1.165, 1.54) is 6.92 Å². The topological polar surface area (TPSA) is 34.7 Å². The smallest absolute Gasteiger partial charge is 0.217 e. The number of halogens is 1. The van der Waals surface area contributed by atoms with Gasteiger partial charge in [0.05, 0.1) is 6.54 Å². The Morgan fingerprint density at radius 1 is 1.09 bits per heavy atom. The van der Waals surface area contributed by atoms with Gasteiger partial charge in [0.2, 0.25) is 5.90 Å². The van der Waals surface area contributed by atoms with E-state index >= 15 is 0 Å². The lowest BCUT2D eigenvalue weighted by atomic mass is 9.97. The van der Waals surface area contributed by atoms with Crippen molar-refractivity contribution in [3.05, 3.63) is 72.0 Å². The number of hydrogen-bond donors (Lipinski definition) is 0. The summed E-state index contributed by atoms with van der Waals surface area (Å²) < 4.78 is 26.6. The summed E-state index contributed by atoms with van der Waals surface area (Å²) in [5.41, 5.74) is -0.0543. The van der Waals surface area contributed by atoms with Gasteiger partial charge in [-0.25, -0.2) is 9.38 Å². The predicted molar refractivity (Wildman–Crippen MR) is 87.4 cm³/mol. The second-order valence-corrected chi connectivity index (χ2v) is 5.95. The molecular formula is C19H16FNO2. The summed E-state index contributed by atoms with van der Waals surface area (Å²) in [6.45, 7) is 1.54. The zero-order valence-electron chi connectivity index (χ0n) is 12.7. The molecule has 1 aliphatic heterocycles. The molecule has 3 nitrogen and oxygen atoms in total. The van der Waals surface area contributed by atoms with Crippen molar-refractivity contribution in [2.45, 2.75) is 18.7 Å². The number of rotatable bonds is 2. The summed E-state index contributed by atoms with van der Waals surface area (Å²) in [4.78, 5) is 4.26. The highest BCUT2D eigenvalue weighted by Crippen LogP contribution is 2.39. The fourth-order valence-electron chi connectivity index (χ4n) is 2.81. The first-order chi connectivity index (χ1) is 11.1. The van der Waals surface area contributed by atoms with Gasteiger partial charge in [0.1, 0.15) is 11.3 Å². The molecule has 2 atom stereocenters. The predicted octanol–water partition coefficient (Wildman–Crippen LogP) is 4.68. The Hall–Kier alpha value is -2.62. The van der Waals surface area contributed by atoms with Gasteiger partial charge in [-0.3, -0.25) is 0 Å². The number of alkyl halides is 1. The van der Waals surface area contributed by atoms with Gasteiger partial charge in [0.25, 0.3) is 0 Å². The number of fused-ring (bicyclic) bond motifs is 1. The molecule has 0 saturated heterocycles. The fourth-order valence-corrected chi connectivity index (χ4v) is 2.81. The van der Waals surface area contributed by atoms with Crippen molar-refractivity contribution in [2.24, 2.45) is 4.99 Å². The summed E-state index contributed by atoms with van der Waals surface area (Å²) in [5.74, 6) is 0.936. The van der Waals surface area contributed by atoms with Crippen LogP contribution in [0.4, 0.5) is 4.39 Å². The van der Waals surface area contributed by atoms with Gasteiger partial charge < -0.3 is 9.15 Å². The molecule has 4 rings (SSSR count). The third-order valence-electron chi connectivity index (χ3n) is 4.03. The van der Waals surface area contributed by atoms with E-state index in [1.807, 2.05) is 60.7 Å². The van der Waals surface area contributed by atoms with Crippen molar-refractivity contribution in [1.29, 1.82) is 0 Å². The SMILES string of the molecule is C[C@]1(F)CN=C(c2ccccc2)OC1c1cc2ccccc2o1. The lowest BCUT2D eigenvalue weighted by Crippen LogP contribution is -2.38. The first-order valence-electron chi connectivity index (χ1n) is 7.57. The Bertz CT molecular complexity index is 834. The van der Waals surface area contributed by atoms with Crippen molar-refractivity contribution >= 4 is 16.9 Å². The zero-order chi connectivity index (χ0) is 15.9. The molecule has 0 saturated carbocycles. The van der Waals surface area contributed by atoms with Crippen LogP contribution < -0.4 is 0 Å². The Morgan fingerprint density at radius 3 is 2.61 bits per heavy atom. The van der Waals surface area contributed by atoms with Crippen LogP contribution in [0.1, 0.15) is 24.4 Å². The van der Waals surface area contributed by atoms with E-state index in [2.05, 4.69) is 4.99 Å². The first-order valence-corrected chi connectivity index (χ1v) is 7.57. The third kappa shape index (κ3) is 2.50. The maximum Gasteiger partial charge on any atom is 0.217 e. The normalized spacial score (nSPS) is 24.3. The van der Waals surface area contributed by atoms with Crippen molar-refractivity contribution in [2.75, 3.05) is 6.54 Å². The molecule has 1 aromatic heterocycles. The van der Waals surface area contributed by atoms with Crippen LogP contribution in [0.25, 0.3) is 11.0 Å². The molecular weight excluding hydrogens is 293 g/mol. The van der Waals surface area contributed by atoms with Crippen molar-refractivity contribution in [3.63, 3.8) is 0 Å². The largest absolute Gasteiger partial charge is 0.462 e. The van der Waals surface area contributed by atoms with Crippen LogP contribution >= 0.6 is 0 Å². The Kier molecular flexibility index (Phi) is 3.18. The second-order valence-electron chi connectivity index (χ2n) is 5.95. The summed E-state index contributed by atoms with van der Waals surface area (Å²) in [5, 5.41) is 0.936. The molecule has 0 amide bonds. The molecule has 1 unspecified atom stereocenters. The van der Waals surface area contributed by atoms with E-state index in [0.717, 1.165) is 16.5 Å². The van der Waals surface area contributed by atoms with Crippen LogP contribution in [-0.2, 0) is 4.74 Å². The Balaban J connectivity index is 1.73. The molecule has 1 aliphatic rings. The van der Waals surface area contributed by atoms with Crippen molar-refractivity contribution in [1.82, 2.24) is 0 Å². The van der Waals surface area contributed by atoms with Gasteiger partial charge >= 0.3 is 0 Å². The highest BCUT2D eigenvalue weighted by Gasteiger charge is 2.43. The summed E-state index contributed by atoms with van der Waals surface area (Å²) in [7, 11) is 0. The maximum atomic E-state index is 14.9. The molecule has 116 valence electrons. The number of furan rings is 1. The highest BCUT2D eigenvalue weighted by molar-refractivity contribution is 5.94. The van der Waals surface area contributed by atoms with Gasteiger partial charge in [-0.05, 0) is 31.2 Å². The van der Waals surface area contributed by atoms with Crippen LogP contribution in [-0.4, -0.2) is 18.1 Å². The minimum absolute atomic E-state index is 0.0406. The number of benzene rings is 2. The van der Waals surface area contributed by atoms with Crippen LogP contribution in [0.3, 0.4) is 0 Å². The van der Waals surface area contributed by atoms with Crippen LogP contribution in [0.5, 0.6) is 0 Å². The van der Waals surface area contributed by atoms with Gasteiger partial charge in [0.15, 0.2) is 11.8 Å². The van der Waals surface area contributed by atoms with Crippen molar-refractivity contribution < 1.29 is 13.5 Å². The second kappa shape index (κ2) is 5.23. The quantitative estimate of drug-likeness (QED) is 0.689. The fraction of sp³-hybridized carbons (Fsp3) is 0.211. The average molecular weight is 309 g/mol. The third-order valence-corrected chi connectivity index (χ3v) is 4.03. The molecule has 23 heavy (non-hydrogen) atoms. The molecule has 0 fully saturated rings. The monoisotopic (exact) mass is 309 g/mol. The summed E-state index contributed by atoms with van der Waals surface area (Å²) in [6.07, 6.45) is -0.817. The lowest BCUT2D eigenvalue weighted by molar-refractivity contribution is -0.00608. The number of hydrogen-bond acceptors (Lipinski definition) is 3. The van der Waals surface area contributed by atoms with Crippen LogP contribution in [0, 0.1) is 0 Å². The molecule has 2 heterocycles. The van der Waals surface area contributed by atoms with Gasteiger partial charge in [-0.15, -0.1) is 0 Å². The molecule has 0 radical (unpaired) electrons. The minimum atomic E-state index is -1.62. The van der Waals surface area contributed by atoms with Crippen LogP contribution in [0.2, 0.25) is 0 Å². The number of nitrogens with zero attached hydrogens (tertiary/aromatic N) is 1. The molecule has 0 aliphatic carbocycles. The van der Waals surface area contributed by atoms with Gasteiger partial charge in [-0.2, -0.15) is 0 Å². The molecule has 4 heteroatoms. The molecule has 0 spiro atoms. The molecule has 3 aromatic rings. The zero-order valence-corrected chi connectivity index (χ0v) is 12.7. The highest BCUT2D eigenvalue weighted by atomic mass is 19.1. The Labute approximate surface area is 133 Å². The number of aliphatic imine (C=N–C) groups is 1. The van der Waals surface area contributed by atoms with Gasteiger partial charge in [-0.1, -0.05) is 36.4 Å². The summed E-state index contributed by atoms with van der Waals surface area (Å²) >= 11 is 0. The molecule has 0 bridgehead atoms. The summed E-state index contributed by atoms with van der Waals surface area (Å²) in [6, 6.07) is 19.0. The lowest BCUT2D eigenvalue weighted by Gasteiger charge is -2.32. The standard InChI is InChI=1S/C19H16FNO2/c1-19(20)12-21-18(13-7-3-2-4-8-13)23-17(19)16-11-14-9-5-6-10-15(14)22-16/h2-11,17H,12H2,1H3/t17?,19-/m0/s1. The van der Waals surface area contributed by atoms with E-state index < -0.39 is 11.8 Å². The maximum absolute atomic E-state index is 14.9. The van der Waals surface area contributed by atoms with E-state index in [1.54, 1.807) is 0 Å². The van der Waals surface area contributed by atoms with E-state index in [4.69, 9.17) is 9.15 Å². The molecule has 2 aromatic carbocycles. The minimum Gasteiger partial charge on any atom is -0.462 e. The van der Waals surface area contributed by atoms with Gasteiger partial charge in [0, 0.05) is 10.9 Å². The first kappa shape index (κ1) is 14.0.